The van der Waals surface area contributed by atoms with Crippen LogP contribution >= 0.6 is 22.9 Å². The maximum atomic E-state index is 5.93. The van der Waals surface area contributed by atoms with E-state index in [1.165, 1.54) is 0 Å². The van der Waals surface area contributed by atoms with E-state index >= 15 is 0 Å². The predicted octanol–water partition coefficient (Wildman–Crippen LogP) is 2.15. The molecule has 0 bridgehead atoms. The second-order valence-corrected chi connectivity index (χ2v) is 5.41. The number of hydrogen-bond donors (Lipinski definition) is 1. The molecule has 1 saturated heterocycles. The van der Waals surface area contributed by atoms with Gasteiger partial charge in [-0.15, -0.1) is 11.3 Å². The Morgan fingerprint density at radius 1 is 1.60 bits per heavy atom. The summed E-state index contributed by atoms with van der Waals surface area (Å²) in [6, 6.07) is 0.449. The number of piperazine rings is 1. The van der Waals surface area contributed by atoms with Crippen LogP contribution in [0, 0.1) is 0 Å². The lowest BCUT2D eigenvalue weighted by molar-refractivity contribution is 0.169. The lowest BCUT2D eigenvalue weighted by atomic mass is 10.2. The van der Waals surface area contributed by atoms with Gasteiger partial charge in [0.2, 0.25) is 0 Å². The number of nitrogens with zero attached hydrogens (tertiary/aromatic N) is 2. The molecule has 2 heterocycles. The molecule has 1 unspecified atom stereocenters. The molecule has 1 aliphatic rings. The lowest BCUT2D eigenvalue weighted by Crippen LogP contribution is -2.45. The summed E-state index contributed by atoms with van der Waals surface area (Å²) < 4.78 is 0.790. The maximum absolute atomic E-state index is 5.93. The lowest BCUT2D eigenvalue weighted by Gasteiger charge is -2.33. The molecule has 0 amide bonds. The van der Waals surface area contributed by atoms with Gasteiger partial charge in [0, 0.05) is 26.2 Å². The Balaban J connectivity index is 2.08. The van der Waals surface area contributed by atoms with Crippen molar-refractivity contribution in [3.8, 4) is 0 Å². The first-order valence-corrected chi connectivity index (χ1v) is 6.56. The molecule has 5 heteroatoms. The van der Waals surface area contributed by atoms with E-state index < -0.39 is 0 Å². The van der Waals surface area contributed by atoms with Gasteiger partial charge in [-0.05, 0) is 6.42 Å². The normalized spacial score (nSPS) is 20.4. The van der Waals surface area contributed by atoms with E-state index in [0.29, 0.717) is 6.04 Å². The molecular weight excluding hydrogens is 230 g/mol. The molecule has 1 N–H and O–H groups in total. The number of halogens is 1. The highest BCUT2D eigenvalue weighted by molar-refractivity contribution is 7.15. The van der Waals surface area contributed by atoms with Crippen molar-refractivity contribution in [1.82, 2.24) is 15.2 Å². The van der Waals surface area contributed by atoms with Gasteiger partial charge >= 0.3 is 0 Å². The second kappa shape index (κ2) is 5.25. The SMILES string of the molecule is CCC(c1ncc(Cl)s1)N1CCNCC1. The molecule has 84 valence electrons. The quantitative estimate of drug-likeness (QED) is 0.885. The summed E-state index contributed by atoms with van der Waals surface area (Å²) in [5.41, 5.74) is 0. The Morgan fingerprint density at radius 2 is 2.33 bits per heavy atom. The third-order valence-electron chi connectivity index (χ3n) is 2.76. The Bertz CT molecular complexity index is 309. The van der Waals surface area contributed by atoms with E-state index in [4.69, 9.17) is 11.6 Å². The van der Waals surface area contributed by atoms with E-state index in [2.05, 4.69) is 22.1 Å². The van der Waals surface area contributed by atoms with Gasteiger partial charge in [0.1, 0.15) is 9.34 Å². The van der Waals surface area contributed by atoms with Gasteiger partial charge in [-0.3, -0.25) is 4.90 Å². The second-order valence-electron chi connectivity index (χ2n) is 3.71. The summed E-state index contributed by atoms with van der Waals surface area (Å²) in [6.07, 6.45) is 2.86. The van der Waals surface area contributed by atoms with Crippen molar-refractivity contribution < 1.29 is 0 Å². The van der Waals surface area contributed by atoms with E-state index in [1.54, 1.807) is 17.5 Å². The minimum atomic E-state index is 0.449. The molecule has 2 rings (SSSR count). The van der Waals surface area contributed by atoms with Crippen molar-refractivity contribution in [3.63, 3.8) is 0 Å². The molecule has 1 atom stereocenters. The molecule has 0 aliphatic carbocycles. The van der Waals surface area contributed by atoms with Crippen LogP contribution in [-0.2, 0) is 0 Å². The minimum Gasteiger partial charge on any atom is -0.314 e. The van der Waals surface area contributed by atoms with Crippen LogP contribution in [0.3, 0.4) is 0 Å². The van der Waals surface area contributed by atoms with E-state index in [-0.39, 0.29) is 0 Å². The summed E-state index contributed by atoms with van der Waals surface area (Å²) in [7, 11) is 0. The maximum Gasteiger partial charge on any atom is 0.113 e. The van der Waals surface area contributed by atoms with Crippen LogP contribution in [0.5, 0.6) is 0 Å². The molecule has 1 aromatic rings. The van der Waals surface area contributed by atoms with Crippen LogP contribution in [0.25, 0.3) is 0 Å². The van der Waals surface area contributed by atoms with Gasteiger partial charge < -0.3 is 5.32 Å². The number of thiazole rings is 1. The average molecular weight is 246 g/mol. The molecule has 0 radical (unpaired) electrons. The Hall–Kier alpha value is -0.160. The summed E-state index contributed by atoms with van der Waals surface area (Å²) in [5, 5.41) is 4.52. The molecule has 0 saturated carbocycles. The van der Waals surface area contributed by atoms with Crippen LogP contribution in [0.1, 0.15) is 24.4 Å². The Kier molecular flexibility index (Phi) is 3.97. The molecule has 0 aromatic carbocycles. The van der Waals surface area contributed by atoms with E-state index in [0.717, 1.165) is 41.9 Å². The van der Waals surface area contributed by atoms with Crippen LogP contribution < -0.4 is 5.32 Å². The van der Waals surface area contributed by atoms with E-state index in [1.807, 2.05) is 0 Å². The van der Waals surface area contributed by atoms with Crippen molar-refractivity contribution in [3.05, 3.63) is 15.5 Å². The van der Waals surface area contributed by atoms with Gasteiger partial charge in [-0.25, -0.2) is 4.98 Å². The first-order chi connectivity index (χ1) is 7.31. The first kappa shape index (κ1) is 11.3. The minimum absolute atomic E-state index is 0.449. The average Bonchev–Trinajstić information content (AvgIpc) is 2.68. The number of aromatic nitrogens is 1. The zero-order valence-corrected chi connectivity index (χ0v) is 10.4. The van der Waals surface area contributed by atoms with Crippen LogP contribution in [-0.4, -0.2) is 36.1 Å². The summed E-state index contributed by atoms with van der Waals surface area (Å²) in [4.78, 5) is 6.88. The van der Waals surface area contributed by atoms with Gasteiger partial charge in [0.05, 0.1) is 12.2 Å². The standard InChI is InChI=1S/C10H16ClN3S/c1-2-8(10-13-7-9(11)15-10)14-5-3-12-4-6-14/h7-8,12H,2-6H2,1H3. The number of hydrogen-bond acceptors (Lipinski definition) is 4. The van der Waals surface area contributed by atoms with Crippen LogP contribution in [0.15, 0.2) is 6.20 Å². The van der Waals surface area contributed by atoms with Gasteiger partial charge in [-0.1, -0.05) is 18.5 Å². The number of nitrogens with one attached hydrogen (secondary N) is 1. The van der Waals surface area contributed by atoms with Gasteiger partial charge in [-0.2, -0.15) is 0 Å². The molecule has 1 fully saturated rings. The third kappa shape index (κ3) is 2.69. The highest BCUT2D eigenvalue weighted by atomic mass is 35.5. The Morgan fingerprint density at radius 3 is 2.87 bits per heavy atom. The molecule has 0 spiro atoms. The van der Waals surface area contributed by atoms with Crippen LogP contribution in [0.2, 0.25) is 4.34 Å². The summed E-state index contributed by atoms with van der Waals surface area (Å²) in [5.74, 6) is 0. The van der Waals surface area contributed by atoms with E-state index in [9.17, 15) is 0 Å². The van der Waals surface area contributed by atoms with Gasteiger partial charge in [0.15, 0.2) is 0 Å². The fourth-order valence-electron chi connectivity index (χ4n) is 2.00. The largest absolute Gasteiger partial charge is 0.314 e. The molecule has 1 aromatic heterocycles. The molecule has 15 heavy (non-hydrogen) atoms. The van der Waals surface area contributed by atoms with Crippen LogP contribution in [0.4, 0.5) is 0 Å². The highest BCUT2D eigenvalue weighted by Crippen LogP contribution is 2.30. The van der Waals surface area contributed by atoms with Crippen molar-refractivity contribution in [2.45, 2.75) is 19.4 Å². The fourth-order valence-corrected chi connectivity index (χ4v) is 3.15. The van der Waals surface area contributed by atoms with Gasteiger partial charge in [0.25, 0.3) is 0 Å². The van der Waals surface area contributed by atoms with Crippen molar-refractivity contribution in [1.29, 1.82) is 0 Å². The zero-order chi connectivity index (χ0) is 10.7. The third-order valence-corrected chi connectivity index (χ3v) is 3.98. The molecule has 1 aliphatic heterocycles. The number of rotatable bonds is 3. The monoisotopic (exact) mass is 245 g/mol. The zero-order valence-electron chi connectivity index (χ0n) is 8.87. The molecule has 3 nitrogen and oxygen atoms in total. The van der Waals surface area contributed by atoms with Crippen molar-refractivity contribution in [2.24, 2.45) is 0 Å². The highest BCUT2D eigenvalue weighted by Gasteiger charge is 2.22. The van der Waals surface area contributed by atoms with Crippen molar-refractivity contribution in [2.75, 3.05) is 26.2 Å². The summed E-state index contributed by atoms with van der Waals surface area (Å²) >= 11 is 7.53. The summed E-state index contributed by atoms with van der Waals surface area (Å²) in [6.45, 7) is 6.58. The van der Waals surface area contributed by atoms with Crippen molar-refractivity contribution >= 4 is 22.9 Å². The smallest absolute Gasteiger partial charge is 0.113 e. The first-order valence-electron chi connectivity index (χ1n) is 5.37. The fraction of sp³-hybridized carbons (Fsp3) is 0.700. The predicted molar refractivity (Wildman–Crippen MR) is 64.6 cm³/mol. The topological polar surface area (TPSA) is 28.2 Å². The Labute approximate surface area is 99.5 Å². The molecular formula is C10H16ClN3S.